The lowest BCUT2D eigenvalue weighted by Crippen LogP contribution is -2.23. The number of carbonyl (C=O) groups is 2. The molecule has 8 nitrogen and oxygen atoms in total. The number of furan rings is 1. The highest BCUT2D eigenvalue weighted by Gasteiger charge is 2.21. The summed E-state index contributed by atoms with van der Waals surface area (Å²) in [5.41, 5.74) is 2.05. The van der Waals surface area contributed by atoms with Gasteiger partial charge in [0.1, 0.15) is 23.3 Å². The molecule has 3 heterocycles. The third kappa shape index (κ3) is 3.94. The van der Waals surface area contributed by atoms with Gasteiger partial charge in [0, 0.05) is 11.9 Å². The second-order valence-electron chi connectivity index (χ2n) is 6.05. The number of aromatic nitrogens is 2. The van der Waals surface area contributed by atoms with Gasteiger partial charge in [0.15, 0.2) is 6.61 Å². The van der Waals surface area contributed by atoms with Crippen LogP contribution in [0.2, 0.25) is 0 Å². The van der Waals surface area contributed by atoms with Crippen LogP contribution in [0.4, 0.5) is 5.82 Å². The zero-order valence-corrected chi connectivity index (χ0v) is 15.4. The lowest BCUT2D eigenvalue weighted by Gasteiger charge is -2.12. The van der Waals surface area contributed by atoms with Crippen molar-refractivity contribution in [1.29, 1.82) is 5.26 Å². The summed E-state index contributed by atoms with van der Waals surface area (Å²) in [5.74, 6) is -0.235. The monoisotopic (exact) mass is 378 g/mol. The molecule has 3 rings (SSSR count). The average Bonchev–Trinajstić information content (AvgIpc) is 3.30. The smallest absolute Gasteiger partial charge is 0.357 e. The fraction of sp³-hybridized carbons (Fsp3) is 0.200. The third-order valence-corrected chi connectivity index (χ3v) is 4.30. The first kappa shape index (κ1) is 18.9. The van der Waals surface area contributed by atoms with Crippen LogP contribution < -0.4 is 5.32 Å². The van der Waals surface area contributed by atoms with Crippen LogP contribution in [-0.2, 0) is 16.1 Å². The second kappa shape index (κ2) is 8.22. The Kier molecular flexibility index (Phi) is 5.56. The Morgan fingerprint density at radius 2 is 2.11 bits per heavy atom. The summed E-state index contributed by atoms with van der Waals surface area (Å²) in [6.07, 6.45) is 3.02. The number of nitrogens with zero attached hydrogens (tertiary/aromatic N) is 3. The van der Waals surface area contributed by atoms with Gasteiger partial charge in [-0.1, -0.05) is 6.07 Å². The van der Waals surface area contributed by atoms with Crippen LogP contribution in [-0.4, -0.2) is 28.0 Å². The minimum atomic E-state index is -0.699. The number of esters is 1. The van der Waals surface area contributed by atoms with E-state index in [4.69, 9.17) is 9.15 Å². The Morgan fingerprint density at radius 3 is 2.75 bits per heavy atom. The summed E-state index contributed by atoms with van der Waals surface area (Å²) in [5, 5.41) is 12.2. The van der Waals surface area contributed by atoms with Crippen molar-refractivity contribution in [2.45, 2.75) is 20.4 Å². The number of nitrogens with one attached hydrogen (secondary N) is 1. The minimum absolute atomic E-state index is 0.112. The van der Waals surface area contributed by atoms with Crippen molar-refractivity contribution >= 4 is 17.7 Å². The lowest BCUT2D eigenvalue weighted by molar-refractivity contribution is -0.119. The summed E-state index contributed by atoms with van der Waals surface area (Å²) < 4.78 is 12.1. The van der Waals surface area contributed by atoms with Crippen molar-refractivity contribution in [2.75, 3.05) is 11.9 Å². The van der Waals surface area contributed by atoms with Crippen molar-refractivity contribution < 1.29 is 18.7 Å². The molecule has 1 N–H and O–H groups in total. The van der Waals surface area contributed by atoms with Gasteiger partial charge in [-0.25, -0.2) is 9.78 Å². The number of amides is 1. The van der Waals surface area contributed by atoms with Crippen LogP contribution in [0.15, 0.2) is 47.2 Å². The highest BCUT2D eigenvalue weighted by molar-refractivity contribution is 5.95. The highest BCUT2D eigenvalue weighted by atomic mass is 16.5. The molecule has 0 fully saturated rings. The second-order valence-corrected chi connectivity index (χ2v) is 6.05. The molecular weight excluding hydrogens is 360 g/mol. The van der Waals surface area contributed by atoms with E-state index >= 15 is 0 Å². The quantitative estimate of drug-likeness (QED) is 0.661. The highest BCUT2D eigenvalue weighted by Crippen LogP contribution is 2.27. The van der Waals surface area contributed by atoms with Crippen LogP contribution in [0.1, 0.15) is 33.1 Å². The molecule has 0 spiro atoms. The van der Waals surface area contributed by atoms with Gasteiger partial charge in [-0.05, 0) is 43.7 Å². The van der Waals surface area contributed by atoms with Gasteiger partial charge in [0.2, 0.25) is 0 Å². The van der Waals surface area contributed by atoms with Gasteiger partial charge in [-0.3, -0.25) is 4.79 Å². The fourth-order valence-electron chi connectivity index (χ4n) is 2.74. The Bertz CT molecular complexity index is 1030. The van der Waals surface area contributed by atoms with Crippen molar-refractivity contribution in [2.24, 2.45) is 0 Å². The van der Waals surface area contributed by atoms with Crippen molar-refractivity contribution in [3.63, 3.8) is 0 Å². The first-order valence-corrected chi connectivity index (χ1v) is 8.51. The SMILES string of the molecule is Cc1c(C#N)c(NC(=O)COC(=O)c2ccccn2)n(Cc2ccco2)c1C. The molecule has 0 unspecified atom stereocenters. The zero-order valence-electron chi connectivity index (χ0n) is 15.4. The predicted molar refractivity (Wildman–Crippen MR) is 99.6 cm³/mol. The predicted octanol–water partition coefficient (Wildman–Crippen LogP) is 2.81. The molecule has 0 bridgehead atoms. The minimum Gasteiger partial charge on any atom is -0.467 e. The van der Waals surface area contributed by atoms with Gasteiger partial charge in [-0.2, -0.15) is 5.26 Å². The molecule has 0 aliphatic carbocycles. The number of pyridine rings is 1. The molecule has 0 saturated heterocycles. The van der Waals surface area contributed by atoms with Gasteiger partial charge < -0.3 is 19.0 Å². The van der Waals surface area contributed by atoms with Crippen LogP contribution >= 0.6 is 0 Å². The maximum absolute atomic E-state index is 12.3. The molecule has 0 radical (unpaired) electrons. The molecule has 28 heavy (non-hydrogen) atoms. The molecule has 0 aliphatic rings. The molecule has 3 aromatic heterocycles. The Morgan fingerprint density at radius 1 is 1.29 bits per heavy atom. The van der Waals surface area contributed by atoms with Crippen molar-refractivity contribution in [1.82, 2.24) is 9.55 Å². The summed E-state index contributed by atoms with van der Waals surface area (Å²) in [7, 11) is 0. The maximum Gasteiger partial charge on any atom is 0.357 e. The topological polar surface area (TPSA) is 110 Å². The molecule has 8 heteroatoms. The van der Waals surface area contributed by atoms with E-state index in [1.807, 2.05) is 13.8 Å². The van der Waals surface area contributed by atoms with E-state index in [0.29, 0.717) is 23.7 Å². The van der Waals surface area contributed by atoms with Gasteiger partial charge in [0.05, 0.1) is 18.4 Å². The van der Waals surface area contributed by atoms with Crippen LogP contribution in [0, 0.1) is 25.2 Å². The van der Waals surface area contributed by atoms with Crippen molar-refractivity contribution in [3.8, 4) is 6.07 Å². The van der Waals surface area contributed by atoms with Crippen LogP contribution in [0.3, 0.4) is 0 Å². The van der Waals surface area contributed by atoms with E-state index < -0.39 is 18.5 Å². The first-order chi connectivity index (χ1) is 13.5. The fourth-order valence-corrected chi connectivity index (χ4v) is 2.74. The number of ether oxygens (including phenoxy) is 1. The van der Waals surface area contributed by atoms with E-state index in [9.17, 15) is 14.9 Å². The molecule has 0 saturated carbocycles. The molecule has 0 atom stereocenters. The largest absolute Gasteiger partial charge is 0.467 e. The average molecular weight is 378 g/mol. The molecule has 1 amide bonds. The van der Waals surface area contributed by atoms with Gasteiger partial charge in [0.25, 0.3) is 5.91 Å². The molecule has 0 aliphatic heterocycles. The first-order valence-electron chi connectivity index (χ1n) is 8.51. The standard InChI is InChI=1S/C20H18N4O4/c1-13-14(2)24(11-15-6-5-9-27-15)19(16(13)10-21)23-18(25)12-28-20(26)17-7-3-4-8-22-17/h3-9H,11-12H2,1-2H3,(H,23,25). The number of hydrogen-bond acceptors (Lipinski definition) is 6. The third-order valence-electron chi connectivity index (χ3n) is 4.30. The summed E-state index contributed by atoms with van der Waals surface area (Å²) in [4.78, 5) is 28.1. The van der Waals surface area contributed by atoms with Gasteiger partial charge in [-0.15, -0.1) is 0 Å². The van der Waals surface area contributed by atoms with Crippen molar-refractivity contribution in [3.05, 3.63) is 71.1 Å². The molecular formula is C20H18N4O4. The van der Waals surface area contributed by atoms with Crippen LogP contribution in [0.5, 0.6) is 0 Å². The zero-order chi connectivity index (χ0) is 20.1. The summed E-state index contributed by atoms with van der Waals surface area (Å²) >= 11 is 0. The van der Waals surface area contributed by atoms with E-state index in [-0.39, 0.29) is 5.69 Å². The summed E-state index contributed by atoms with van der Waals surface area (Å²) in [6, 6.07) is 10.5. The Balaban J connectivity index is 1.75. The van der Waals surface area contributed by atoms with E-state index in [1.165, 1.54) is 12.3 Å². The number of carbonyl (C=O) groups excluding carboxylic acids is 2. The number of hydrogen-bond donors (Lipinski definition) is 1. The van der Waals surface area contributed by atoms with Crippen LogP contribution in [0.25, 0.3) is 0 Å². The summed E-state index contributed by atoms with van der Waals surface area (Å²) in [6.45, 7) is 3.52. The Hall–Kier alpha value is -3.86. The molecule has 0 aromatic carbocycles. The normalized spacial score (nSPS) is 10.3. The van der Waals surface area contributed by atoms with Gasteiger partial charge >= 0.3 is 5.97 Å². The Labute approximate surface area is 161 Å². The number of anilines is 1. The lowest BCUT2D eigenvalue weighted by atomic mass is 10.2. The number of nitriles is 1. The van der Waals surface area contributed by atoms with E-state index in [1.54, 1.807) is 35.1 Å². The molecule has 142 valence electrons. The van der Waals surface area contributed by atoms with E-state index in [2.05, 4.69) is 16.4 Å². The van der Waals surface area contributed by atoms with E-state index in [0.717, 1.165) is 11.3 Å². The maximum atomic E-state index is 12.3. The molecule has 3 aromatic rings. The number of rotatable bonds is 6.